The number of rotatable bonds is 7. The molecule has 1 aromatic carbocycles. The molecule has 2 N–H and O–H groups in total. The summed E-state index contributed by atoms with van der Waals surface area (Å²) in [6.45, 7) is 6.29. The average molecular weight is 342 g/mol. The van der Waals surface area contributed by atoms with Crippen molar-refractivity contribution in [2.75, 3.05) is 24.6 Å². The van der Waals surface area contributed by atoms with Crippen molar-refractivity contribution in [1.82, 2.24) is 15.1 Å². The summed E-state index contributed by atoms with van der Waals surface area (Å²) in [7, 11) is 1.98. The molecule has 0 amide bonds. The van der Waals surface area contributed by atoms with Crippen LogP contribution in [-0.4, -0.2) is 34.6 Å². The molecule has 0 unspecified atom stereocenters. The number of aryl methyl sites for hydroxylation is 2. The summed E-state index contributed by atoms with van der Waals surface area (Å²) < 4.78 is 1.89. The van der Waals surface area contributed by atoms with Crippen LogP contribution in [0, 0.1) is 5.92 Å². The Hall–Kier alpha value is -1.85. The van der Waals surface area contributed by atoms with Gasteiger partial charge in [-0.15, -0.1) is 0 Å². The standard InChI is InChI=1S/C20H30N4O/c1-3-20-18(14-23(2)22-20)13-21-12-16-4-6-19(7-5-16)24-10-8-17(15-25)9-11-24/h4-7,14,17,21,25H,3,8-13,15H2,1-2H3. The summed E-state index contributed by atoms with van der Waals surface area (Å²) >= 11 is 0. The van der Waals surface area contributed by atoms with E-state index in [0.29, 0.717) is 12.5 Å². The third kappa shape index (κ3) is 4.61. The van der Waals surface area contributed by atoms with Gasteiger partial charge in [-0.25, -0.2) is 0 Å². The van der Waals surface area contributed by atoms with Gasteiger partial charge in [0, 0.05) is 57.3 Å². The largest absolute Gasteiger partial charge is 0.396 e. The van der Waals surface area contributed by atoms with Crippen LogP contribution < -0.4 is 10.2 Å². The first-order valence-electron chi connectivity index (χ1n) is 9.36. The molecule has 0 bridgehead atoms. The number of aromatic nitrogens is 2. The van der Waals surface area contributed by atoms with Gasteiger partial charge in [0.2, 0.25) is 0 Å². The van der Waals surface area contributed by atoms with Gasteiger partial charge in [-0.05, 0) is 42.9 Å². The van der Waals surface area contributed by atoms with Crippen molar-refractivity contribution < 1.29 is 5.11 Å². The van der Waals surface area contributed by atoms with Crippen molar-refractivity contribution in [1.29, 1.82) is 0 Å². The number of nitrogens with zero attached hydrogens (tertiary/aromatic N) is 3. The first kappa shape index (κ1) is 18.0. The van der Waals surface area contributed by atoms with Crippen LogP contribution in [0.2, 0.25) is 0 Å². The number of piperidine rings is 1. The summed E-state index contributed by atoms with van der Waals surface area (Å²) in [5.41, 5.74) is 5.06. The Kier molecular flexibility index (Phi) is 6.10. The first-order valence-corrected chi connectivity index (χ1v) is 9.36. The van der Waals surface area contributed by atoms with Gasteiger partial charge < -0.3 is 15.3 Å². The Balaban J connectivity index is 1.49. The van der Waals surface area contributed by atoms with Gasteiger partial charge in [-0.1, -0.05) is 19.1 Å². The minimum absolute atomic E-state index is 0.328. The molecule has 1 fully saturated rings. The van der Waals surface area contributed by atoms with E-state index in [1.54, 1.807) is 0 Å². The van der Waals surface area contributed by atoms with E-state index in [1.807, 2.05) is 11.7 Å². The van der Waals surface area contributed by atoms with Crippen LogP contribution >= 0.6 is 0 Å². The van der Waals surface area contributed by atoms with Crippen molar-refractivity contribution in [3.8, 4) is 0 Å². The second-order valence-corrected chi connectivity index (χ2v) is 7.01. The van der Waals surface area contributed by atoms with Gasteiger partial charge in [0.05, 0.1) is 5.69 Å². The number of nitrogens with one attached hydrogen (secondary N) is 1. The molecule has 0 aliphatic carbocycles. The van der Waals surface area contributed by atoms with E-state index in [-0.39, 0.29) is 0 Å². The number of anilines is 1. The van der Waals surface area contributed by atoms with E-state index >= 15 is 0 Å². The highest BCUT2D eigenvalue weighted by molar-refractivity contribution is 5.48. The minimum atomic E-state index is 0.328. The Morgan fingerprint density at radius 1 is 1.16 bits per heavy atom. The Bertz CT molecular complexity index is 657. The molecule has 0 spiro atoms. The fraction of sp³-hybridized carbons (Fsp3) is 0.550. The number of aliphatic hydroxyl groups excluding tert-OH is 1. The summed E-state index contributed by atoms with van der Waals surface area (Å²) in [6.07, 6.45) is 5.25. The number of aliphatic hydroxyl groups is 1. The summed E-state index contributed by atoms with van der Waals surface area (Å²) in [5, 5.41) is 17.3. The van der Waals surface area contributed by atoms with Crippen molar-refractivity contribution in [2.45, 2.75) is 39.3 Å². The van der Waals surface area contributed by atoms with Crippen LogP contribution in [0.4, 0.5) is 5.69 Å². The molecule has 0 radical (unpaired) electrons. The lowest BCUT2D eigenvalue weighted by Crippen LogP contribution is -2.34. The zero-order valence-electron chi connectivity index (χ0n) is 15.4. The normalized spacial score (nSPS) is 15.7. The topological polar surface area (TPSA) is 53.3 Å². The van der Waals surface area contributed by atoms with Gasteiger partial charge in [-0.2, -0.15) is 5.10 Å². The lowest BCUT2D eigenvalue weighted by Gasteiger charge is -2.33. The first-order chi connectivity index (χ1) is 12.2. The molecule has 5 heteroatoms. The second kappa shape index (κ2) is 8.50. The van der Waals surface area contributed by atoms with E-state index in [9.17, 15) is 5.11 Å². The molecule has 0 atom stereocenters. The maximum Gasteiger partial charge on any atom is 0.0666 e. The predicted molar refractivity (Wildman–Crippen MR) is 102 cm³/mol. The van der Waals surface area contributed by atoms with Crippen molar-refractivity contribution in [3.05, 3.63) is 47.3 Å². The van der Waals surface area contributed by atoms with E-state index in [1.165, 1.54) is 22.5 Å². The van der Waals surface area contributed by atoms with Crippen LogP contribution in [0.25, 0.3) is 0 Å². The molecule has 25 heavy (non-hydrogen) atoms. The van der Waals surface area contributed by atoms with Crippen LogP contribution in [0.15, 0.2) is 30.5 Å². The highest BCUT2D eigenvalue weighted by Crippen LogP contribution is 2.23. The maximum absolute atomic E-state index is 9.25. The quantitative estimate of drug-likeness (QED) is 0.812. The highest BCUT2D eigenvalue weighted by Gasteiger charge is 2.18. The molecule has 0 saturated carbocycles. The third-order valence-electron chi connectivity index (χ3n) is 5.15. The number of hydrogen-bond donors (Lipinski definition) is 2. The summed E-state index contributed by atoms with van der Waals surface area (Å²) in [4.78, 5) is 2.42. The monoisotopic (exact) mass is 342 g/mol. The van der Waals surface area contributed by atoms with Gasteiger partial charge in [0.15, 0.2) is 0 Å². The molecule has 1 aliphatic rings. The van der Waals surface area contributed by atoms with Crippen LogP contribution in [-0.2, 0) is 26.6 Å². The lowest BCUT2D eigenvalue weighted by atomic mass is 9.97. The van der Waals surface area contributed by atoms with Crippen molar-refractivity contribution >= 4 is 5.69 Å². The molecule has 2 heterocycles. The zero-order chi connectivity index (χ0) is 17.6. The summed E-state index contributed by atoms with van der Waals surface area (Å²) in [5.74, 6) is 0.486. The van der Waals surface area contributed by atoms with E-state index < -0.39 is 0 Å². The molecule has 1 aromatic heterocycles. The third-order valence-corrected chi connectivity index (χ3v) is 5.15. The fourth-order valence-corrected chi connectivity index (χ4v) is 3.57. The second-order valence-electron chi connectivity index (χ2n) is 7.01. The van der Waals surface area contributed by atoms with Gasteiger partial charge in [0.25, 0.3) is 0 Å². The molecular weight excluding hydrogens is 312 g/mol. The predicted octanol–water partition coefficient (Wildman–Crippen LogP) is 2.48. The Morgan fingerprint density at radius 2 is 1.88 bits per heavy atom. The van der Waals surface area contributed by atoms with Crippen molar-refractivity contribution in [3.63, 3.8) is 0 Å². The molecular formula is C20H30N4O. The smallest absolute Gasteiger partial charge is 0.0666 e. The minimum Gasteiger partial charge on any atom is -0.396 e. The number of hydrogen-bond acceptors (Lipinski definition) is 4. The Morgan fingerprint density at radius 3 is 2.52 bits per heavy atom. The Labute approximate surface area is 150 Å². The van der Waals surface area contributed by atoms with Gasteiger partial charge >= 0.3 is 0 Å². The van der Waals surface area contributed by atoms with Gasteiger partial charge in [-0.3, -0.25) is 4.68 Å². The van der Waals surface area contributed by atoms with E-state index in [4.69, 9.17) is 0 Å². The molecule has 136 valence electrons. The maximum atomic E-state index is 9.25. The van der Waals surface area contributed by atoms with Crippen molar-refractivity contribution in [2.24, 2.45) is 13.0 Å². The van der Waals surface area contributed by atoms with Crippen LogP contribution in [0.3, 0.4) is 0 Å². The van der Waals surface area contributed by atoms with E-state index in [2.05, 4.69) is 52.7 Å². The summed E-state index contributed by atoms with van der Waals surface area (Å²) in [6, 6.07) is 8.87. The van der Waals surface area contributed by atoms with Crippen LogP contribution in [0.5, 0.6) is 0 Å². The van der Waals surface area contributed by atoms with E-state index in [0.717, 1.165) is 45.4 Å². The molecule has 5 nitrogen and oxygen atoms in total. The number of benzene rings is 1. The lowest BCUT2D eigenvalue weighted by molar-refractivity contribution is 0.203. The zero-order valence-corrected chi connectivity index (χ0v) is 15.4. The average Bonchev–Trinajstić information content (AvgIpc) is 3.02. The van der Waals surface area contributed by atoms with Gasteiger partial charge in [0.1, 0.15) is 0 Å². The SMILES string of the molecule is CCc1nn(C)cc1CNCc1ccc(N2CCC(CO)CC2)cc1. The highest BCUT2D eigenvalue weighted by atomic mass is 16.3. The fourth-order valence-electron chi connectivity index (χ4n) is 3.57. The molecule has 2 aromatic rings. The van der Waals surface area contributed by atoms with Crippen LogP contribution in [0.1, 0.15) is 36.6 Å². The molecule has 3 rings (SSSR count). The molecule has 1 aliphatic heterocycles. The molecule has 1 saturated heterocycles.